The Kier molecular flexibility index (Phi) is 6.68. The molecule has 0 N–H and O–H groups in total. The lowest BCUT2D eigenvalue weighted by atomic mass is 9.90. The normalized spacial score (nSPS) is 17.9. The van der Waals surface area contributed by atoms with Gasteiger partial charge in [-0.2, -0.15) is 10.2 Å². The molecule has 2 aliphatic rings. The lowest BCUT2D eigenvalue weighted by Gasteiger charge is -2.47. The Morgan fingerprint density at radius 3 is 2.17 bits per heavy atom. The maximum Gasteiger partial charge on any atom is 0.365 e. The van der Waals surface area contributed by atoms with E-state index in [2.05, 4.69) is 63.2 Å². The molecule has 0 radical (unpaired) electrons. The number of hydrogen-bond donors (Lipinski definition) is 0. The summed E-state index contributed by atoms with van der Waals surface area (Å²) < 4.78 is 5.44. The first kappa shape index (κ1) is 25.9. The molecule has 1 atom stereocenters. The monoisotopic (exact) mass is 546 g/mol. The number of thioether (sulfide) groups is 1. The van der Waals surface area contributed by atoms with Crippen molar-refractivity contribution in [1.29, 1.82) is 0 Å². The first-order valence-corrected chi connectivity index (χ1v) is 14.2. The molecule has 0 bridgehead atoms. The summed E-state index contributed by atoms with van der Waals surface area (Å²) in [6.45, 7) is 8.34. The number of para-hydroxylation sites is 1. The van der Waals surface area contributed by atoms with Gasteiger partial charge in [0.15, 0.2) is 0 Å². The molecular weight excluding hydrogens is 516 g/mol. The van der Waals surface area contributed by atoms with Crippen molar-refractivity contribution in [2.75, 3.05) is 16.6 Å². The van der Waals surface area contributed by atoms with E-state index in [4.69, 9.17) is 14.9 Å². The highest BCUT2D eigenvalue weighted by atomic mass is 32.2. The maximum absolute atomic E-state index is 13.2. The molecule has 1 spiro atoms. The van der Waals surface area contributed by atoms with Gasteiger partial charge in [-0.05, 0) is 75.4 Å². The van der Waals surface area contributed by atoms with Crippen molar-refractivity contribution < 1.29 is 9.53 Å². The van der Waals surface area contributed by atoms with Gasteiger partial charge in [-0.15, -0.1) is 0 Å². The maximum atomic E-state index is 13.2. The van der Waals surface area contributed by atoms with Crippen molar-refractivity contribution in [3.05, 3.63) is 130 Å². The van der Waals surface area contributed by atoms with Gasteiger partial charge in [0, 0.05) is 16.7 Å². The second-order valence-electron chi connectivity index (χ2n) is 9.94. The molecule has 6 nitrogen and oxygen atoms in total. The predicted molar refractivity (Wildman–Crippen MR) is 164 cm³/mol. The number of esters is 1. The zero-order valence-corrected chi connectivity index (χ0v) is 23.8. The standard InChI is InChI=1S/C33H30N4O2S/c1-5-39-32(38)31-35-37(26-19-16-22(2)17-20-26)33(40-31)29-14-10-9-13-27(29)30(28-21-23(3)15-18-24(28)4)34-36(33)25-11-7-6-8-12-25/h6-21H,5H2,1-4H3/t33-/m0/s1. The third-order valence-corrected chi connectivity index (χ3v) is 8.41. The molecule has 0 aromatic heterocycles. The minimum Gasteiger partial charge on any atom is -0.461 e. The molecule has 0 aliphatic carbocycles. The average Bonchev–Trinajstić information content (AvgIpc) is 3.37. The lowest BCUT2D eigenvalue weighted by Crippen LogP contribution is -2.54. The van der Waals surface area contributed by atoms with Crippen LogP contribution in [-0.2, 0) is 14.5 Å². The van der Waals surface area contributed by atoms with Crippen molar-refractivity contribution in [3.63, 3.8) is 0 Å². The van der Waals surface area contributed by atoms with Gasteiger partial charge in [0.05, 0.1) is 23.7 Å². The highest BCUT2D eigenvalue weighted by Gasteiger charge is 2.56. The minimum atomic E-state index is -1.02. The largest absolute Gasteiger partial charge is 0.461 e. The molecule has 0 unspecified atom stereocenters. The summed E-state index contributed by atoms with van der Waals surface area (Å²) >= 11 is 1.36. The van der Waals surface area contributed by atoms with Crippen LogP contribution in [-0.4, -0.2) is 23.3 Å². The number of anilines is 2. The summed E-state index contributed by atoms with van der Waals surface area (Å²) in [7, 11) is 0. The number of rotatable bonds is 5. The van der Waals surface area contributed by atoms with E-state index < -0.39 is 11.0 Å². The number of fused-ring (bicyclic) bond motifs is 2. The van der Waals surface area contributed by atoms with Crippen LogP contribution in [0.15, 0.2) is 107 Å². The van der Waals surface area contributed by atoms with Crippen LogP contribution in [0.3, 0.4) is 0 Å². The number of benzene rings is 4. The van der Waals surface area contributed by atoms with Crippen LogP contribution in [0.5, 0.6) is 0 Å². The molecule has 7 heteroatoms. The Hall–Kier alpha value is -4.36. The lowest BCUT2D eigenvalue weighted by molar-refractivity contribution is -0.134. The summed E-state index contributed by atoms with van der Waals surface area (Å²) in [4.78, 5) is 12.2. The molecular formula is C33H30N4O2S. The smallest absolute Gasteiger partial charge is 0.365 e. The van der Waals surface area contributed by atoms with Gasteiger partial charge in [0.25, 0.3) is 0 Å². The molecule has 6 rings (SSSR count). The second-order valence-corrected chi connectivity index (χ2v) is 11.1. The summed E-state index contributed by atoms with van der Waals surface area (Å²) in [5.74, 6) is -0.448. The van der Waals surface area contributed by atoms with Crippen LogP contribution in [0.25, 0.3) is 0 Å². The van der Waals surface area contributed by atoms with Gasteiger partial charge in [0.2, 0.25) is 10.0 Å². The van der Waals surface area contributed by atoms with Gasteiger partial charge in [0.1, 0.15) is 0 Å². The molecule has 0 amide bonds. The van der Waals surface area contributed by atoms with Gasteiger partial charge in [-0.25, -0.2) is 14.8 Å². The van der Waals surface area contributed by atoms with E-state index in [0.29, 0.717) is 0 Å². The fourth-order valence-electron chi connectivity index (χ4n) is 5.15. The van der Waals surface area contributed by atoms with Crippen molar-refractivity contribution in [1.82, 2.24) is 0 Å². The molecule has 2 aliphatic heterocycles. The number of nitrogens with zero attached hydrogens (tertiary/aromatic N) is 4. The summed E-state index contributed by atoms with van der Waals surface area (Å²) in [6, 6.07) is 33.0. The van der Waals surface area contributed by atoms with E-state index >= 15 is 0 Å². The number of ether oxygens (including phenoxy) is 1. The Balaban J connectivity index is 1.66. The van der Waals surface area contributed by atoms with Crippen LogP contribution in [0.1, 0.15) is 40.3 Å². The van der Waals surface area contributed by atoms with E-state index in [1.807, 2.05) is 64.6 Å². The molecule has 4 aromatic rings. The van der Waals surface area contributed by atoms with Crippen LogP contribution in [0.4, 0.5) is 11.4 Å². The van der Waals surface area contributed by atoms with Crippen LogP contribution >= 0.6 is 11.8 Å². The second kappa shape index (κ2) is 10.3. The van der Waals surface area contributed by atoms with Crippen LogP contribution in [0, 0.1) is 20.8 Å². The van der Waals surface area contributed by atoms with Crippen LogP contribution in [0.2, 0.25) is 0 Å². The fraction of sp³-hybridized carbons (Fsp3) is 0.182. The SMILES string of the molecule is CCOC(=O)C1=NN(c2ccc(C)cc2)[C@]2(S1)c1ccccc1C(c1cc(C)ccc1C)=NN2c1ccccc1. The molecule has 2 heterocycles. The third kappa shape index (κ3) is 4.27. The first-order chi connectivity index (χ1) is 19.4. The van der Waals surface area contributed by atoms with E-state index in [-0.39, 0.29) is 11.7 Å². The third-order valence-electron chi connectivity index (χ3n) is 7.11. The topological polar surface area (TPSA) is 57.5 Å². The number of carbonyl (C=O) groups is 1. The van der Waals surface area contributed by atoms with Crippen molar-refractivity contribution in [3.8, 4) is 0 Å². The summed E-state index contributed by atoms with van der Waals surface area (Å²) in [5, 5.41) is 14.5. The Labute approximate surface area is 239 Å². The van der Waals surface area contributed by atoms with Gasteiger partial charge in [-0.1, -0.05) is 77.9 Å². The molecule has 0 fully saturated rings. The number of aryl methyl sites for hydroxylation is 3. The van der Waals surface area contributed by atoms with Gasteiger partial charge >= 0.3 is 5.97 Å². The summed E-state index contributed by atoms with van der Waals surface area (Å²) in [5.41, 5.74) is 9.09. The summed E-state index contributed by atoms with van der Waals surface area (Å²) in [6.07, 6.45) is 0. The number of carbonyl (C=O) groups excluding carboxylic acids is 1. The molecule has 40 heavy (non-hydrogen) atoms. The van der Waals surface area contributed by atoms with E-state index in [1.165, 1.54) is 11.8 Å². The zero-order chi connectivity index (χ0) is 27.9. The fourth-order valence-corrected chi connectivity index (χ4v) is 6.44. The van der Waals surface area contributed by atoms with Crippen molar-refractivity contribution in [2.45, 2.75) is 32.7 Å². The molecule has 0 saturated carbocycles. The Bertz CT molecular complexity index is 1650. The quantitative estimate of drug-likeness (QED) is 0.249. The first-order valence-electron chi connectivity index (χ1n) is 13.4. The zero-order valence-electron chi connectivity index (χ0n) is 23.0. The Morgan fingerprint density at radius 1 is 0.775 bits per heavy atom. The van der Waals surface area contributed by atoms with Gasteiger partial charge in [-0.3, -0.25) is 0 Å². The number of hydrazone groups is 2. The molecule has 0 saturated heterocycles. The predicted octanol–water partition coefficient (Wildman–Crippen LogP) is 7.12. The molecule has 200 valence electrons. The van der Waals surface area contributed by atoms with Crippen molar-refractivity contribution in [2.24, 2.45) is 10.2 Å². The average molecular weight is 547 g/mol. The van der Waals surface area contributed by atoms with E-state index in [0.717, 1.165) is 50.5 Å². The minimum absolute atomic E-state index is 0.268. The van der Waals surface area contributed by atoms with Crippen LogP contribution < -0.4 is 10.0 Å². The van der Waals surface area contributed by atoms with Gasteiger partial charge < -0.3 is 4.74 Å². The highest BCUT2D eigenvalue weighted by molar-refractivity contribution is 8.16. The van der Waals surface area contributed by atoms with Crippen molar-refractivity contribution >= 4 is 39.9 Å². The molecule has 4 aromatic carbocycles. The highest BCUT2D eigenvalue weighted by Crippen LogP contribution is 2.55. The Morgan fingerprint density at radius 2 is 1.43 bits per heavy atom. The number of hydrogen-bond acceptors (Lipinski definition) is 7. The van der Waals surface area contributed by atoms with E-state index in [1.54, 1.807) is 6.92 Å². The van der Waals surface area contributed by atoms with E-state index in [9.17, 15) is 4.79 Å².